The molecule has 3 aliphatic carbocycles. The number of rotatable bonds is 5. The van der Waals surface area contributed by atoms with E-state index in [1.807, 2.05) is 6.92 Å². The maximum Gasteiger partial charge on any atom is 0.133 e. The smallest absolute Gasteiger partial charge is 0.133 e. The van der Waals surface area contributed by atoms with Gasteiger partial charge in [0.2, 0.25) is 0 Å². The maximum atomic E-state index is 12.4. The van der Waals surface area contributed by atoms with Crippen LogP contribution in [-0.4, -0.2) is 18.5 Å². The van der Waals surface area contributed by atoms with E-state index in [1.165, 1.54) is 70.6 Å². The highest BCUT2D eigenvalue weighted by atomic mass is 16.5. The number of fused-ring (bicyclic) bond motifs is 2. The van der Waals surface area contributed by atoms with E-state index in [9.17, 15) is 4.79 Å². The molecule has 3 aliphatic rings. The summed E-state index contributed by atoms with van der Waals surface area (Å²) in [4.78, 5) is 12.4. The molecule has 0 N–H and O–H groups in total. The van der Waals surface area contributed by atoms with Crippen LogP contribution in [0.1, 0.15) is 112 Å². The Kier molecular flexibility index (Phi) is 7.32. The highest BCUT2D eigenvalue weighted by Gasteiger charge is 2.50. The molecule has 4 unspecified atom stereocenters. The highest BCUT2D eigenvalue weighted by molar-refractivity contribution is 5.79. The first-order valence-corrected chi connectivity index (χ1v) is 12.4. The average Bonchev–Trinajstić information content (AvgIpc) is 2.99. The number of ketones is 1. The minimum Gasteiger partial charge on any atom is -0.378 e. The first kappa shape index (κ1) is 22.3. The summed E-state index contributed by atoms with van der Waals surface area (Å²) in [6.45, 7) is 12.6. The number of unbranched alkanes of at least 4 members (excludes halogenated alkanes) is 1. The van der Waals surface area contributed by atoms with Crippen molar-refractivity contribution < 1.29 is 9.53 Å². The van der Waals surface area contributed by atoms with E-state index in [2.05, 4.69) is 27.7 Å². The molecule has 3 saturated carbocycles. The van der Waals surface area contributed by atoms with Gasteiger partial charge in [-0.3, -0.25) is 4.79 Å². The third-order valence-corrected chi connectivity index (χ3v) is 9.71. The van der Waals surface area contributed by atoms with Gasteiger partial charge in [-0.25, -0.2) is 0 Å². The summed E-state index contributed by atoms with van der Waals surface area (Å²) in [5.41, 5.74) is 0.710. The van der Waals surface area contributed by atoms with Gasteiger partial charge in [0.25, 0.3) is 0 Å². The van der Waals surface area contributed by atoms with Crippen molar-refractivity contribution in [3.63, 3.8) is 0 Å². The Labute approximate surface area is 174 Å². The van der Waals surface area contributed by atoms with E-state index in [0.29, 0.717) is 23.2 Å². The molecule has 0 aliphatic heterocycles. The van der Waals surface area contributed by atoms with E-state index in [-0.39, 0.29) is 5.41 Å². The van der Waals surface area contributed by atoms with E-state index in [4.69, 9.17) is 4.74 Å². The number of hydrogen-bond acceptors (Lipinski definition) is 2. The zero-order valence-corrected chi connectivity index (χ0v) is 19.4. The van der Waals surface area contributed by atoms with Crippen LogP contribution in [0.2, 0.25) is 0 Å². The van der Waals surface area contributed by atoms with Crippen molar-refractivity contribution in [3.05, 3.63) is 0 Å². The highest BCUT2D eigenvalue weighted by Crippen LogP contribution is 2.57. The summed E-state index contributed by atoms with van der Waals surface area (Å²) in [7, 11) is 0. The molecule has 0 aromatic heterocycles. The number of carbonyl (C=O) groups excluding carboxylic acids is 1. The van der Waals surface area contributed by atoms with Crippen molar-refractivity contribution in [1.82, 2.24) is 0 Å². The molecule has 0 amide bonds. The molecular formula is C26H46O2. The predicted octanol–water partition coefficient (Wildman–Crippen LogP) is 7.20. The van der Waals surface area contributed by atoms with E-state index < -0.39 is 0 Å². The van der Waals surface area contributed by atoms with E-state index >= 15 is 0 Å². The summed E-state index contributed by atoms with van der Waals surface area (Å²) >= 11 is 0. The lowest BCUT2D eigenvalue weighted by Gasteiger charge is -2.50. The number of ether oxygens (including phenoxy) is 1. The summed E-state index contributed by atoms with van der Waals surface area (Å²) in [5, 5.41) is 0. The molecule has 0 aromatic carbocycles. The lowest BCUT2D eigenvalue weighted by molar-refractivity contribution is -0.125. The Morgan fingerprint density at radius 3 is 2.39 bits per heavy atom. The molecule has 0 radical (unpaired) electrons. The van der Waals surface area contributed by atoms with Crippen molar-refractivity contribution in [1.29, 1.82) is 0 Å². The van der Waals surface area contributed by atoms with Crippen LogP contribution < -0.4 is 0 Å². The molecule has 0 aromatic rings. The third kappa shape index (κ3) is 4.37. The summed E-state index contributed by atoms with van der Waals surface area (Å²) < 4.78 is 6.27. The molecule has 2 nitrogen and oxygen atoms in total. The summed E-state index contributed by atoms with van der Waals surface area (Å²) in [6, 6.07) is 0. The topological polar surface area (TPSA) is 26.3 Å². The minimum absolute atomic E-state index is 0.254. The van der Waals surface area contributed by atoms with Crippen LogP contribution in [0.25, 0.3) is 0 Å². The molecule has 28 heavy (non-hydrogen) atoms. The van der Waals surface area contributed by atoms with Crippen molar-refractivity contribution in [2.24, 2.45) is 34.5 Å². The van der Waals surface area contributed by atoms with Crippen molar-refractivity contribution in [3.8, 4) is 0 Å². The molecule has 0 bridgehead atoms. The molecule has 3 rings (SSSR count). The van der Waals surface area contributed by atoms with Gasteiger partial charge < -0.3 is 4.74 Å². The fourth-order valence-electron chi connectivity index (χ4n) is 7.32. The second-order valence-corrected chi connectivity index (χ2v) is 11.1. The monoisotopic (exact) mass is 390 g/mol. The molecule has 162 valence electrons. The van der Waals surface area contributed by atoms with Crippen LogP contribution >= 0.6 is 0 Å². The zero-order valence-electron chi connectivity index (χ0n) is 19.4. The average molecular weight is 391 g/mol. The van der Waals surface area contributed by atoms with Gasteiger partial charge in [0, 0.05) is 12.5 Å². The molecule has 0 spiro atoms. The van der Waals surface area contributed by atoms with Crippen molar-refractivity contribution in [2.45, 2.75) is 118 Å². The lowest BCUT2D eigenvalue weighted by atomic mass is 9.56. The maximum absolute atomic E-state index is 12.4. The second-order valence-electron chi connectivity index (χ2n) is 11.1. The van der Waals surface area contributed by atoms with Gasteiger partial charge in [-0.2, -0.15) is 0 Å². The quantitative estimate of drug-likeness (QED) is 0.464. The first-order valence-electron chi connectivity index (χ1n) is 12.4. The standard InChI is InChI=1S/C26H46O2/c1-6-7-17-28-23-14-16-25(4)19(2)13-15-26(5)21(9-8-10-22(25)18-23)11-12-24(26)20(3)27/h19,21-24H,6-18H2,1-5H3/t19?,21?,22?,23-,24?,25+,26-/m0/s1. The van der Waals surface area contributed by atoms with Crippen LogP contribution in [0.3, 0.4) is 0 Å². The largest absolute Gasteiger partial charge is 0.378 e. The molecular weight excluding hydrogens is 344 g/mol. The Morgan fingerprint density at radius 1 is 0.964 bits per heavy atom. The Bertz CT molecular complexity index is 529. The zero-order chi connectivity index (χ0) is 20.4. The second kappa shape index (κ2) is 9.19. The minimum atomic E-state index is 0.254. The Balaban J connectivity index is 1.71. The lowest BCUT2D eigenvalue weighted by Crippen LogP contribution is -2.43. The first-order chi connectivity index (χ1) is 13.3. The number of carbonyl (C=O) groups is 1. The van der Waals surface area contributed by atoms with Crippen LogP contribution in [0.5, 0.6) is 0 Å². The molecule has 3 fully saturated rings. The van der Waals surface area contributed by atoms with Crippen LogP contribution in [0.15, 0.2) is 0 Å². The van der Waals surface area contributed by atoms with Crippen molar-refractivity contribution >= 4 is 5.78 Å². The molecule has 2 heteroatoms. The fraction of sp³-hybridized carbons (Fsp3) is 0.962. The third-order valence-electron chi connectivity index (χ3n) is 9.71. The molecule has 7 atom stereocenters. The van der Waals surface area contributed by atoms with Gasteiger partial charge in [0.15, 0.2) is 0 Å². The van der Waals surface area contributed by atoms with Gasteiger partial charge >= 0.3 is 0 Å². The van der Waals surface area contributed by atoms with Crippen LogP contribution in [0, 0.1) is 34.5 Å². The SMILES string of the molecule is CCCCO[C@H]1CC[C@]2(C)C(C)CC[C@@]3(C)C(CCCC2C1)CCC3C(C)=O. The fourth-order valence-corrected chi connectivity index (χ4v) is 7.32. The Morgan fingerprint density at radius 2 is 1.68 bits per heavy atom. The molecule has 0 heterocycles. The number of Topliss-reactive ketones (excluding diaryl/α,β-unsaturated/α-hetero) is 1. The number of hydrogen-bond donors (Lipinski definition) is 0. The molecule has 0 saturated heterocycles. The van der Waals surface area contributed by atoms with Gasteiger partial charge in [0.1, 0.15) is 5.78 Å². The van der Waals surface area contributed by atoms with E-state index in [1.54, 1.807) is 0 Å². The van der Waals surface area contributed by atoms with Crippen LogP contribution in [-0.2, 0) is 9.53 Å². The van der Waals surface area contributed by atoms with Gasteiger partial charge in [-0.15, -0.1) is 0 Å². The summed E-state index contributed by atoms with van der Waals surface area (Å²) in [5.74, 6) is 3.09. The van der Waals surface area contributed by atoms with Crippen LogP contribution in [0.4, 0.5) is 0 Å². The predicted molar refractivity (Wildman–Crippen MR) is 117 cm³/mol. The van der Waals surface area contributed by atoms with E-state index in [0.717, 1.165) is 30.8 Å². The normalized spacial score (nSPS) is 44.5. The summed E-state index contributed by atoms with van der Waals surface area (Å²) in [6.07, 6.45) is 15.8. The van der Waals surface area contributed by atoms with Gasteiger partial charge in [-0.1, -0.05) is 40.5 Å². The van der Waals surface area contributed by atoms with Gasteiger partial charge in [0.05, 0.1) is 6.10 Å². The van der Waals surface area contributed by atoms with Crippen molar-refractivity contribution in [2.75, 3.05) is 6.61 Å². The van der Waals surface area contributed by atoms with Gasteiger partial charge in [-0.05, 0) is 99.7 Å². The Hall–Kier alpha value is -0.370.